The van der Waals surface area contributed by atoms with Crippen molar-refractivity contribution in [1.82, 2.24) is 10.6 Å². The summed E-state index contributed by atoms with van der Waals surface area (Å²) < 4.78 is 5.09. The fraction of sp³-hybridized carbons (Fsp3) is 0.500. The zero-order chi connectivity index (χ0) is 13.0. The summed E-state index contributed by atoms with van der Waals surface area (Å²) in [5.74, 6) is 0.881. The Morgan fingerprint density at radius 3 is 2.53 bits per heavy atom. The van der Waals surface area contributed by atoms with Crippen molar-refractivity contribution in [3.05, 3.63) is 29.8 Å². The summed E-state index contributed by atoms with van der Waals surface area (Å²) in [4.78, 5) is 11.8. The van der Waals surface area contributed by atoms with Gasteiger partial charge in [-0.2, -0.15) is 0 Å². The number of benzene rings is 1. The maximum absolute atomic E-state index is 11.8. The van der Waals surface area contributed by atoms with E-state index < -0.39 is 0 Å². The van der Waals surface area contributed by atoms with Gasteiger partial charge < -0.3 is 15.4 Å². The fourth-order valence-electron chi connectivity index (χ4n) is 1.76. The van der Waals surface area contributed by atoms with Crippen LogP contribution in [0.1, 0.15) is 25.3 Å². The maximum atomic E-state index is 11.8. The number of rotatable bonds is 6. The molecule has 1 aliphatic rings. The van der Waals surface area contributed by atoms with Gasteiger partial charge >= 0.3 is 0 Å². The van der Waals surface area contributed by atoms with Crippen molar-refractivity contribution in [1.29, 1.82) is 0 Å². The molecule has 1 amide bonds. The summed E-state index contributed by atoms with van der Waals surface area (Å²) in [5, 5.41) is 6.20. The van der Waals surface area contributed by atoms with E-state index in [-0.39, 0.29) is 24.4 Å². The number of nitrogens with one attached hydrogen (secondary N) is 2. The molecular formula is C14H21ClN2O2. The van der Waals surface area contributed by atoms with Gasteiger partial charge in [0.2, 0.25) is 5.91 Å². The lowest BCUT2D eigenvalue weighted by Crippen LogP contribution is -2.42. The van der Waals surface area contributed by atoms with Crippen LogP contribution in [0.4, 0.5) is 0 Å². The molecule has 1 aromatic rings. The molecule has 5 heteroatoms. The quantitative estimate of drug-likeness (QED) is 0.838. The molecule has 1 atom stereocenters. The third-order valence-corrected chi connectivity index (χ3v) is 3.08. The second-order valence-electron chi connectivity index (χ2n) is 4.73. The minimum absolute atomic E-state index is 0. The number of amides is 1. The number of hydrogen-bond donors (Lipinski definition) is 2. The lowest BCUT2D eigenvalue weighted by Gasteiger charge is -2.13. The molecule has 1 fully saturated rings. The van der Waals surface area contributed by atoms with Crippen molar-refractivity contribution in [2.45, 2.75) is 38.4 Å². The van der Waals surface area contributed by atoms with Crippen molar-refractivity contribution >= 4 is 18.3 Å². The van der Waals surface area contributed by atoms with Crippen LogP contribution < -0.4 is 15.4 Å². The average molecular weight is 285 g/mol. The Balaban J connectivity index is 0.00000180. The molecule has 0 spiro atoms. The van der Waals surface area contributed by atoms with Gasteiger partial charge in [-0.05, 0) is 37.5 Å². The largest absolute Gasteiger partial charge is 0.497 e. The highest BCUT2D eigenvalue weighted by molar-refractivity contribution is 5.85. The van der Waals surface area contributed by atoms with Crippen LogP contribution in [0.5, 0.6) is 5.75 Å². The first kappa shape index (κ1) is 15.8. The number of ether oxygens (including phenoxy) is 1. The fourth-order valence-corrected chi connectivity index (χ4v) is 1.76. The van der Waals surface area contributed by atoms with Crippen molar-refractivity contribution in [2.75, 3.05) is 7.11 Å². The standard InChI is InChI=1S/C14H20N2O2.ClH/c1-10(16-12-5-6-12)14(17)15-9-11-3-7-13(18-2)8-4-11;/h3-4,7-8,10,12,16H,5-6,9H2,1-2H3,(H,15,17);1H. The molecule has 1 unspecified atom stereocenters. The lowest BCUT2D eigenvalue weighted by molar-refractivity contribution is -0.122. The molecule has 19 heavy (non-hydrogen) atoms. The van der Waals surface area contributed by atoms with Crippen LogP contribution in [0.2, 0.25) is 0 Å². The molecule has 1 saturated carbocycles. The van der Waals surface area contributed by atoms with Gasteiger partial charge in [-0.3, -0.25) is 4.79 Å². The SMILES string of the molecule is COc1ccc(CNC(=O)C(C)NC2CC2)cc1.Cl. The van der Waals surface area contributed by atoms with Gasteiger partial charge in [0.25, 0.3) is 0 Å². The number of carbonyl (C=O) groups is 1. The van der Waals surface area contributed by atoms with E-state index in [1.54, 1.807) is 7.11 Å². The average Bonchev–Trinajstić information content (AvgIpc) is 3.20. The van der Waals surface area contributed by atoms with Crippen LogP contribution in [0.3, 0.4) is 0 Å². The van der Waals surface area contributed by atoms with Gasteiger partial charge in [0.05, 0.1) is 13.2 Å². The molecule has 0 radical (unpaired) electrons. The minimum atomic E-state index is -0.115. The van der Waals surface area contributed by atoms with Crippen LogP contribution in [0.15, 0.2) is 24.3 Å². The van der Waals surface area contributed by atoms with E-state index in [0.29, 0.717) is 12.6 Å². The molecule has 0 saturated heterocycles. The van der Waals surface area contributed by atoms with Crippen LogP contribution in [0, 0.1) is 0 Å². The Labute approximate surface area is 120 Å². The molecular weight excluding hydrogens is 264 g/mol. The highest BCUT2D eigenvalue weighted by Gasteiger charge is 2.25. The van der Waals surface area contributed by atoms with Gasteiger partial charge in [-0.15, -0.1) is 12.4 Å². The first-order chi connectivity index (χ1) is 8.69. The molecule has 0 heterocycles. The highest BCUT2D eigenvalue weighted by atomic mass is 35.5. The van der Waals surface area contributed by atoms with Crippen LogP contribution in [-0.4, -0.2) is 25.1 Å². The number of halogens is 1. The van der Waals surface area contributed by atoms with Gasteiger partial charge in [0.1, 0.15) is 5.75 Å². The number of hydrogen-bond acceptors (Lipinski definition) is 3. The normalized spacial score (nSPS) is 15.3. The van der Waals surface area contributed by atoms with Gasteiger partial charge in [0, 0.05) is 12.6 Å². The van der Waals surface area contributed by atoms with E-state index in [2.05, 4.69) is 10.6 Å². The Bertz CT molecular complexity index is 404. The van der Waals surface area contributed by atoms with E-state index in [1.165, 1.54) is 12.8 Å². The van der Waals surface area contributed by atoms with Crippen molar-refractivity contribution in [3.8, 4) is 5.75 Å². The minimum Gasteiger partial charge on any atom is -0.497 e. The summed E-state index contributed by atoms with van der Waals surface area (Å²) in [6, 6.07) is 8.14. The van der Waals surface area contributed by atoms with Crippen LogP contribution in [-0.2, 0) is 11.3 Å². The predicted molar refractivity (Wildman–Crippen MR) is 77.7 cm³/mol. The Morgan fingerprint density at radius 1 is 1.37 bits per heavy atom. The molecule has 2 rings (SSSR count). The van der Waals surface area contributed by atoms with Crippen molar-refractivity contribution in [2.24, 2.45) is 0 Å². The highest BCUT2D eigenvalue weighted by Crippen LogP contribution is 2.19. The zero-order valence-electron chi connectivity index (χ0n) is 11.3. The third-order valence-electron chi connectivity index (χ3n) is 3.08. The van der Waals surface area contributed by atoms with Gasteiger partial charge in [0.15, 0.2) is 0 Å². The van der Waals surface area contributed by atoms with Gasteiger partial charge in [-0.25, -0.2) is 0 Å². The molecule has 4 nitrogen and oxygen atoms in total. The summed E-state index contributed by atoms with van der Waals surface area (Å²) in [5.41, 5.74) is 1.07. The molecule has 0 bridgehead atoms. The predicted octanol–water partition coefficient (Wildman–Crippen LogP) is 1.87. The third kappa shape index (κ3) is 5.09. The Kier molecular flexibility index (Phi) is 6.12. The molecule has 0 aliphatic heterocycles. The van der Waals surface area contributed by atoms with Gasteiger partial charge in [-0.1, -0.05) is 12.1 Å². The van der Waals surface area contributed by atoms with Crippen molar-refractivity contribution < 1.29 is 9.53 Å². The first-order valence-electron chi connectivity index (χ1n) is 6.35. The van der Waals surface area contributed by atoms with E-state index in [0.717, 1.165) is 11.3 Å². The second-order valence-corrected chi connectivity index (χ2v) is 4.73. The molecule has 1 aromatic carbocycles. The van der Waals surface area contributed by atoms with E-state index >= 15 is 0 Å². The molecule has 0 aromatic heterocycles. The van der Waals surface area contributed by atoms with Crippen molar-refractivity contribution in [3.63, 3.8) is 0 Å². The van der Waals surface area contributed by atoms with Crippen LogP contribution in [0.25, 0.3) is 0 Å². The zero-order valence-corrected chi connectivity index (χ0v) is 12.1. The molecule has 106 valence electrons. The summed E-state index contributed by atoms with van der Waals surface area (Å²) in [6.07, 6.45) is 2.38. The van der Waals surface area contributed by atoms with Crippen LogP contribution >= 0.6 is 12.4 Å². The molecule has 2 N–H and O–H groups in total. The summed E-state index contributed by atoms with van der Waals surface area (Å²) in [7, 11) is 1.64. The monoisotopic (exact) mass is 284 g/mol. The smallest absolute Gasteiger partial charge is 0.237 e. The number of methoxy groups -OCH3 is 1. The Morgan fingerprint density at radius 2 is 2.00 bits per heavy atom. The number of carbonyl (C=O) groups excluding carboxylic acids is 1. The topological polar surface area (TPSA) is 50.4 Å². The maximum Gasteiger partial charge on any atom is 0.237 e. The summed E-state index contributed by atoms with van der Waals surface area (Å²) in [6.45, 7) is 2.46. The lowest BCUT2D eigenvalue weighted by atomic mass is 10.2. The van der Waals surface area contributed by atoms with E-state index in [1.807, 2.05) is 31.2 Å². The Hall–Kier alpha value is -1.26. The first-order valence-corrected chi connectivity index (χ1v) is 6.35. The summed E-state index contributed by atoms with van der Waals surface area (Å²) >= 11 is 0. The van der Waals surface area contributed by atoms with E-state index in [4.69, 9.17) is 4.74 Å². The second kappa shape index (κ2) is 7.36. The van der Waals surface area contributed by atoms with E-state index in [9.17, 15) is 4.79 Å². The molecule has 1 aliphatic carbocycles.